The summed E-state index contributed by atoms with van der Waals surface area (Å²) in [6, 6.07) is 1.27. The zero-order chi connectivity index (χ0) is 39.1. The molecule has 9 atom stereocenters. The Morgan fingerprint density at radius 3 is 2.38 bits per heavy atom. The first-order valence-electron chi connectivity index (χ1n) is 17.7. The molecule has 3 heterocycles. The Morgan fingerprint density at radius 1 is 1.04 bits per heavy atom. The van der Waals surface area contributed by atoms with Gasteiger partial charge < -0.3 is 39.4 Å². The zero-order valence-electron chi connectivity index (χ0n) is 31.5. The van der Waals surface area contributed by atoms with Crippen LogP contribution in [0.15, 0.2) is 47.2 Å². The molecule has 0 saturated carbocycles. The van der Waals surface area contributed by atoms with Gasteiger partial charge in [0.25, 0.3) is 11.7 Å². The molecule has 3 aromatic rings. The van der Waals surface area contributed by atoms with Crippen molar-refractivity contribution in [1.29, 1.82) is 0 Å². The number of aliphatic hydroxyl groups is 3. The number of carbonyl (C=O) groups excluding carboxylic acids is 3. The van der Waals surface area contributed by atoms with Gasteiger partial charge in [-0.15, -0.1) is 0 Å². The molecule has 1 amide bonds. The first-order valence-corrected chi connectivity index (χ1v) is 17.7. The van der Waals surface area contributed by atoms with E-state index in [1.807, 2.05) is 0 Å². The number of fused-ring (bicyclic) bond motifs is 4. The van der Waals surface area contributed by atoms with Crippen LogP contribution in [-0.2, 0) is 30.3 Å². The summed E-state index contributed by atoms with van der Waals surface area (Å²) < 4.78 is 25.2. The highest BCUT2D eigenvalue weighted by Gasteiger charge is 2.49. The summed E-state index contributed by atoms with van der Waals surface area (Å²) in [4.78, 5) is 44.2. The molecule has 4 N–H and O–H groups in total. The number of aromatic nitrogens is 2. The lowest BCUT2D eigenvalue weighted by atomic mass is 9.78. The number of ether oxygens (including phenoxy) is 4. The predicted molar refractivity (Wildman–Crippen MR) is 194 cm³/mol. The van der Waals surface area contributed by atoms with E-state index in [2.05, 4.69) is 10.1 Å². The maximum absolute atomic E-state index is 14.2. The van der Waals surface area contributed by atoms with Crippen LogP contribution in [0.4, 0.5) is 0 Å². The Balaban J connectivity index is 1.71. The number of hydrogen-bond donors (Lipinski definition) is 4. The number of aromatic hydroxyl groups is 1. The van der Waals surface area contributed by atoms with Crippen LogP contribution in [0, 0.1) is 30.6 Å². The molecule has 0 saturated heterocycles. The molecule has 0 fully saturated rings. The average molecular weight is 736 g/mol. The number of carbonyl (C=O) groups is 3. The number of aliphatic hydroxyl groups excluding tert-OH is 3. The molecule has 14 heteroatoms. The topological polar surface area (TPSA) is 199 Å². The van der Waals surface area contributed by atoms with Gasteiger partial charge in [-0.25, -0.2) is 4.99 Å². The van der Waals surface area contributed by atoms with Crippen LogP contribution in [0.2, 0.25) is 0 Å². The number of hydrogen-bond acceptors (Lipinski definition) is 12. The SMILES string of the molecule is CO[C@H]1/C=C/O[C@@]2(C)Oc3c(c4c(O)cc(c5nn(CCO)c(c3C)c45)=NC(=O)/C(C)=C\C=C\[C@H](C)[C@H](O)[C@@H](C)[C@@H](O)[C@@H](C)[C@H](OC(C)=O)[C@@H]1C)C2=O. The molecule has 286 valence electrons. The quantitative estimate of drug-likeness (QED) is 0.284. The molecule has 0 aliphatic carbocycles. The lowest BCUT2D eigenvalue weighted by Gasteiger charge is -2.38. The number of esters is 1. The van der Waals surface area contributed by atoms with Gasteiger partial charge in [-0.1, -0.05) is 45.9 Å². The Labute approximate surface area is 307 Å². The maximum atomic E-state index is 14.2. The highest BCUT2D eigenvalue weighted by Crippen LogP contribution is 2.48. The van der Waals surface area contributed by atoms with Gasteiger partial charge >= 0.3 is 11.8 Å². The predicted octanol–water partition coefficient (Wildman–Crippen LogP) is 3.61. The minimum Gasteiger partial charge on any atom is -0.507 e. The fourth-order valence-corrected chi connectivity index (χ4v) is 7.45. The van der Waals surface area contributed by atoms with Crippen molar-refractivity contribution in [3.8, 4) is 11.5 Å². The molecule has 2 aliphatic heterocycles. The van der Waals surface area contributed by atoms with Gasteiger partial charge in [-0.2, -0.15) is 5.10 Å². The lowest BCUT2D eigenvalue weighted by Crippen LogP contribution is -2.46. The van der Waals surface area contributed by atoms with Gasteiger partial charge in [0.2, 0.25) is 0 Å². The van der Waals surface area contributed by atoms with Gasteiger partial charge in [0.15, 0.2) is 0 Å². The Kier molecular flexibility index (Phi) is 11.5. The van der Waals surface area contributed by atoms with Crippen molar-refractivity contribution >= 4 is 39.5 Å². The second-order valence-electron chi connectivity index (χ2n) is 14.3. The van der Waals surface area contributed by atoms with E-state index in [4.69, 9.17) is 18.9 Å². The van der Waals surface area contributed by atoms with E-state index in [-0.39, 0.29) is 52.0 Å². The molecule has 0 unspecified atom stereocenters. The van der Waals surface area contributed by atoms with Crippen LogP contribution in [0.3, 0.4) is 0 Å². The lowest BCUT2D eigenvalue weighted by molar-refractivity contribution is -0.160. The highest BCUT2D eigenvalue weighted by molar-refractivity contribution is 6.24. The molecule has 53 heavy (non-hydrogen) atoms. The number of allylic oxidation sites excluding steroid dienone is 2. The first-order chi connectivity index (χ1) is 25.0. The van der Waals surface area contributed by atoms with Gasteiger partial charge in [0, 0.05) is 72.6 Å². The summed E-state index contributed by atoms with van der Waals surface area (Å²) in [6.07, 6.45) is 3.98. The first kappa shape index (κ1) is 39.6. The zero-order valence-corrected chi connectivity index (χ0v) is 31.5. The maximum Gasteiger partial charge on any atom is 0.312 e. The van der Waals surface area contributed by atoms with Crippen molar-refractivity contribution in [2.45, 2.75) is 92.1 Å². The summed E-state index contributed by atoms with van der Waals surface area (Å²) in [5.74, 6) is -6.14. The molecular weight excluding hydrogens is 686 g/mol. The van der Waals surface area contributed by atoms with E-state index >= 15 is 0 Å². The van der Waals surface area contributed by atoms with Crippen molar-refractivity contribution in [2.75, 3.05) is 13.7 Å². The standard InChI is InChI=1S/C39H49N3O11/c1-18-11-10-12-19(2)38(49)40-25-17-26(45)28-29-31(25)41-42(14-15-43)32(29)21(4)36-30(28)37(48)39(8,53-36)51-16-13-27(50-9)20(3)35(52-24(7)44)23(6)34(47)22(5)33(18)46/h10-13,16-18,20,22-23,27,33-35,43,45-47H,14-15H2,1-9H3/b11-10+,16-13+,19-12-,40-25?/t18-,20+,22+,23+,27-,33-,34+,35+,39-/m0/s1. The monoisotopic (exact) mass is 735 g/mol. The molecule has 4 bridgehead atoms. The number of rotatable bonds is 4. The molecule has 2 aromatic carbocycles. The number of phenols is 1. The number of amides is 1. The Morgan fingerprint density at radius 2 is 1.74 bits per heavy atom. The summed E-state index contributed by atoms with van der Waals surface area (Å²) >= 11 is 0. The van der Waals surface area contributed by atoms with Gasteiger partial charge in [0.1, 0.15) is 23.1 Å². The van der Waals surface area contributed by atoms with E-state index in [0.717, 1.165) is 0 Å². The minimum atomic E-state index is -1.88. The van der Waals surface area contributed by atoms with Crippen molar-refractivity contribution in [3.63, 3.8) is 0 Å². The van der Waals surface area contributed by atoms with Crippen LogP contribution < -0.4 is 10.1 Å². The molecular formula is C39H49N3O11. The van der Waals surface area contributed by atoms with E-state index in [1.165, 1.54) is 38.0 Å². The van der Waals surface area contributed by atoms with E-state index in [9.17, 15) is 34.8 Å². The second-order valence-corrected chi connectivity index (χ2v) is 14.3. The number of aryl methyl sites for hydroxylation is 1. The van der Waals surface area contributed by atoms with Crippen molar-refractivity contribution in [3.05, 3.63) is 58.7 Å². The number of ketones is 1. The van der Waals surface area contributed by atoms with Crippen molar-refractivity contribution in [2.24, 2.45) is 28.7 Å². The van der Waals surface area contributed by atoms with Crippen LogP contribution in [-0.4, -0.2) is 91.8 Å². The van der Waals surface area contributed by atoms with Gasteiger partial charge in [0.05, 0.1) is 54.2 Å². The fraction of sp³-hybridized carbons (Fsp3) is 0.513. The largest absolute Gasteiger partial charge is 0.507 e. The number of nitrogens with zero attached hydrogens (tertiary/aromatic N) is 3. The van der Waals surface area contributed by atoms with E-state index in [0.29, 0.717) is 16.5 Å². The number of methoxy groups -OCH3 is 1. The minimum absolute atomic E-state index is 0.0605. The molecule has 2 aliphatic rings. The van der Waals surface area contributed by atoms with Gasteiger partial charge in [-0.3, -0.25) is 19.1 Å². The summed E-state index contributed by atoms with van der Waals surface area (Å²) in [5, 5.41) is 49.3. The fourth-order valence-electron chi connectivity index (χ4n) is 7.45. The third-order valence-corrected chi connectivity index (χ3v) is 10.6. The molecule has 14 nitrogen and oxygen atoms in total. The van der Waals surface area contributed by atoms with E-state index < -0.39 is 71.5 Å². The van der Waals surface area contributed by atoms with Crippen LogP contribution >= 0.6 is 0 Å². The molecule has 5 rings (SSSR count). The highest BCUT2D eigenvalue weighted by atomic mass is 16.7. The summed E-state index contributed by atoms with van der Waals surface area (Å²) in [7, 11) is 1.46. The molecule has 0 spiro atoms. The normalized spacial score (nSPS) is 32.3. The van der Waals surface area contributed by atoms with Crippen LogP contribution in [0.5, 0.6) is 11.5 Å². The molecule has 1 aromatic heterocycles. The number of benzene rings is 2. The van der Waals surface area contributed by atoms with Crippen LogP contribution in [0.25, 0.3) is 21.8 Å². The average Bonchev–Trinajstić information content (AvgIpc) is 3.62. The van der Waals surface area contributed by atoms with Crippen molar-refractivity contribution in [1.82, 2.24) is 9.78 Å². The van der Waals surface area contributed by atoms with Crippen LogP contribution in [0.1, 0.15) is 64.4 Å². The smallest absolute Gasteiger partial charge is 0.312 e. The number of phenolic OH excluding ortho intramolecular Hbond substituents is 1. The number of Topliss-reactive ketones (excluding diaryl/α,β-unsaturated/α-hetero) is 1. The van der Waals surface area contributed by atoms with Crippen molar-refractivity contribution < 1.29 is 53.8 Å². The Bertz CT molecular complexity index is 2070. The third kappa shape index (κ3) is 7.20. The second kappa shape index (κ2) is 15.4. The summed E-state index contributed by atoms with van der Waals surface area (Å²) in [5.41, 5.74) is 1.51. The Hall–Kier alpha value is -4.63. The molecule has 0 radical (unpaired) electrons. The van der Waals surface area contributed by atoms with Gasteiger partial charge in [-0.05, 0) is 19.9 Å². The van der Waals surface area contributed by atoms with E-state index in [1.54, 1.807) is 65.8 Å². The third-order valence-electron chi connectivity index (χ3n) is 10.6. The summed E-state index contributed by atoms with van der Waals surface area (Å²) in [6.45, 7) is 12.8.